The Balaban J connectivity index is 1.80. The van der Waals surface area contributed by atoms with Gasteiger partial charge in [0.15, 0.2) is 0 Å². The first-order valence-corrected chi connectivity index (χ1v) is 8.93. The van der Waals surface area contributed by atoms with E-state index in [1.807, 2.05) is 12.1 Å². The number of rotatable bonds is 7. The maximum atomic E-state index is 12.4. The molecule has 0 bridgehead atoms. The molecule has 0 spiro atoms. The van der Waals surface area contributed by atoms with Crippen LogP contribution in [0.2, 0.25) is 0 Å². The summed E-state index contributed by atoms with van der Waals surface area (Å²) in [4.78, 5) is 14.9. The number of amides is 1. The summed E-state index contributed by atoms with van der Waals surface area (Å²) in [6.07, 6.45) is 4.95. The highest BCUT2D eigenvalue weighted by molar-refractivity contribution is 5.76. The van der Waals surface area contributed by atoms with E-state index in [4.69, 9.17) is 0 Å². The topological polar surface area (TPSA) is 52.6 Å². The van der Waals surface area contributed by atoms with Crippen LogP contribution >= 0.6 is 0 Å². The van der Waals surface area contributed by atoms with Crippen LogP contribution < -0.4 is 5.32 Å². The van der Waals surface area contributed by atoms with Gasteiger partial charge in [-0.1, -0.05) is 26.0 Å². The van der Waals surface area contributed by atoms with Gasteiger partial charge in [-0.05, 0) is 68.9 Å². The van der Waals surface area contributed by atoms with Crippen molar-refractivity contribution in [1.82, 2.24) is 10.2 Å². The van der Waals surface area contributed by atoms with Crippen molar-refractivity contribution in [3.63, 3.8) is 0 Å². The molecule has 1 aromatic carbocycles. The van der Waals surface area contributed by atoms with Gasteiger partial charge in [0.1, 0.15) is 5.75 Å². The number of benzene rings is 1. The number of likely N-dealkylation sites (tertiary alicyclic amines) is 1. The molecule has 0 radical (unpaired) electrons. The van der Waals surface area contributed by atoms with Crippen LogP contribution in [0.25, 0.3) is 0 Å². The van der Waals surface area contributed by atoms with Crippen molar-refractivity contribution in [2.24, 2.45) is 5.92 Å². The average molecular weight is 318 g/mol. The maximum absolute atomic E-state index is 12.4. The van der Waals surface area contributed by atoms with Gasteiger partial charge in [0.05, 0.1) is 6.04 Å². The van der Waals surface area contributed by atoms with Crippen LogP contribution in [-0.4, -0.2) is 35.5 Å². The Hall–Kier alpha value is -1.55. The Morgan fingerprint density at radius 3 is 2.48 bits per heavy atom. The van der Waals surface area contributed by atoms with Gasteiger partial charge >= 0.3 is 0 Å². The minimum Gasteiger partial charge on any atom is -0.508 e. The zero-order valence-corrected chi connectivity index (χ0v) is 14.4. The monoisotopic (exact) mass is 318 g/mol. The number of nitrogens with zero attached hydrogens (tertiary/aromatic N) is 1. The summed E-state index contributed by atoms with van der Waals surface area (Å²) in [5, 5.41) is 12.5. The fourth-order valence-electron chi connectivity index (χ4n) is 3.37. The van der Waals surface area contributed by atoms with Crippen LogP contribution in [0.1, 0.15) is 57.6 Å². The number of nitrogens with one attached hydrogen (secondary N) is 1. The number of aromatic hydroxyl groups is 1. The smallest absolute Gasteiger partial charge is 0.220 e. The number of hydrogen-bond donors (Lipinski definition) is 2. The van der Waals surface area contributed by atoms with Crippen LogP contribution in [0.4, 0.5) is 0 Å². The van der Waals surface area contributed by atoms with Gasteiger partial charge < -0.3 is 15.3 Å². The van der Waals surface area contributed by atoms with Crippen LogP contribution in [-0.2, 0) is 4.79 Å². The van der Waals surface area contributed by atoms with Crippen LogP contribution in [0, 0.1) is 5.92 Å². The van der Waals surface area contributed by atoms with Crippen molar-refractivity contribution in [2.45, 2.75) is 52.0 Å². The van der Waals surface area contributed by atoms with E-state index in [1.165, 1.54) is 13.0 Å². The Morgan fingerprint density at radius 2 is 1.91 bits per heavy atom. The molecular weight excluding hydrogens is 288 g/mol. The van der Waals surface area contributed by atoms with Crippen molar-refractivity contribution in [2.75, 3.05) is 19.6 Å². The maximum Gasteiger partial charge on any atom is 0.220 e. The Kier molecular flexibility index (Phi) is 6.90. The van der Waals surface area contributed by atoms with Crippen LogP contribution in [0.15, 0.2) is 24.3 Å². The first-order valence-electron chi connectivity index (χ1n) is 8.93. The van der Waals surface area contributed by atoms with E-state index in [1.54, 1.807) is 12.1 Å². The molecular formula is C19H30N2O2. The van der Waals surface area contributed by atoms with Gasteiger partial charge in [-0.25, -0.2) is 0 Å². The number of carbonyl (C=O) groups excluding carboxylic acids is 1. The van der Waals surface area contributed by atoms with Crippen LogP contribution in [0.5, 0.6) is 5.75 Å². The number of hydrogen-bond acceptors (Lipinski definition) is 3. The standard InChI is InChI=1S/C19H30N2O2/c1-3-11-21-12-9-15(10-13-21)14-19(23)20-18(4-2)16-5-7-17(22)8-6-16/h5-8,15,18,22H,3-4,9-14H2,1-2H3,(H,20,23)/t18-/m0/s1. The van der Waals surface area contributed by atoms with Gasteiger partial charge in [0.25, 0.3) is 0 Å². The third kappa shape index (κ3) is 5.54. The number of phenolic OH excluding ortho intramolecular Hbond substituents is 1. The minimum atomic E-state index is 0.0308. The molecule has 1 atom stereocenters. The summed E-state index contributed by atoms with van der Waals surface area (Å²) in [5.41, 5.74) is 1.05. The molecule has 0 aliphatic carbocycles. The number of phenols is 1. The lowest BCUT2D eigenvalue weighted by Gasteiger charge is -2.31. The molecule has 1 aliphatic heterocycles. The lowest BCUT2D eigenvalue weighted by molar-refractivity contribution is -0.123. The average Bonchev–Trinajstić information content (AvgIpc) is 2.56. The molecule has 23 heavy (non-hydrogen) atoms. The van der Waals surface area contributed by atoms with Gasteiger partial charge in [0.2, 0.25) is 5.91 Å². The van der Waals surface area contributed by atoms with E-state index in [-0.39, 0.29) is 17.7 Å². The second kappa shape index (κ2) is 8.92. The normalized spacial score (nSPS) is 17.8. The Bertz CT molecular complexity index is 479. The quantitative estimate of drug-likeness (QED) is 0.809. The first kappa shape index (κ1) is 17.8. The van der Waals surface area contributed by atoms with Gasteiger partial charge in [-0.2, -0.15) is 0 Å². The molecule has 4 heteroatoms. The molecule has 1 heterocycles. The Morgan fingerprint density at radius 1 is 1.26 bits per heavy atom. The molecule has 0 unspecified atom stereocenters. The highest BCUT2D eigenvalue weighted by Gasteiger charge is 2.22. The van der Waals surface area contributed by atoms with Crippen molar-refractivity contribution in [1.29, 1.82) is 0 Å². The molecule has 1 saturated heterocycles. The molecule has 0 saturated carbocycles. The lowest BCUT2D eigenvalue weighted by Crippen LogP contribution is -2.36. The molecule has 2 rings (SSSR count). The summed E-state index contributed by atoms with van der Waals surface area (Å²) in [7, 11) is 0. The molecule has 1 aromatic rings. The second-order valence-electron chi connectivity index (χ2n) is 6.61. The zero-order valence-electron chi connectivity index (χ0n) is 14.4. The first-order chi connectivity index (χ1) is 11.1. The highest BCUT2D eigenvalue weighted by Crippen LogP contribution is 2.23. The summed E-state index contributed by atoms with van der Waals surface area (Å²) in [6.45, 7) is 7.72. The fraction of sp³-hybridized carbons (Fsp3) is 0.632. The predicted octanol–water partition coefficient (Wildman–Crippen LogP) is 3.47. The third-order valence-corrected chi connectivity index (χ3v) is 4.76. The van der Waals surface area contributed by atoms with E-state index in [0.717, 1.165) is 37.9 Å². The third-order valence-electron chi connectivity index (χ3n) is 4.76. The van der Waals surface area contributed by atoms with E-state index < -0.39 is 0 Å². The van der Waals surface area contributed by atoms with Gasteiger partial charge in [-0.15, -0.1) is 0 Å². The summed E-state index contributed by atoms with van der Waals surface area (Å²) < 4.78 is 0. The van der Waals surface area contributed by atoms with E-state index >= 15 is 0 Å². The lowest BCUT2D eigenvalue weighted by atomic mass is 9.92. The van der Waals surface area contributed by atoms with Crippen molar-refractivity contribution < 1.29 is 9.90 Å². The second-order valence-corrected chi connectivity index (χ2v) is 6.61. The summed E-state index contributed by atoms with van der Waals surface area (Å²) in [5.74, 6) is 0.924. The summed E-state index contributed by atoms with van der Waals surface area (Å²) in [6, 6.07) is 7.14. The van der Waals surface area contributed by atoms with E-state index in [2.05, 4.69) is 24.1 Å². The minimum absolute atomic E-state index is 0.0308. The molecule has 1 aliphatic rings. The molecule has 1 amide bonds. The van der Waals surface area contributed by atoms with Crippen LogP contribution in [0.3, 0.4) is 0 Å². The van der Waals surface area contributed by atoms with Crippen molar-refractivity contribution >= 4 is 5.91 Å². The molecule has 128 valence electrons. The number of piperidine rings is 1. The van der Waals surface area contributed by atoms with E-state index in [9.17, 15) is 9.90 Å². The highest BCUT2D eigenvalue weighted by atomic mass is 16.3. The Labute approximate surface area is 139 Å². The predicted molar refractivity (Wildman–Crippen MR) is 93.4 cm³/mol. The molecule has 4 nitrogen and oxygen atoms in total. The van der Waals surface area contributed by atoms with E-state index in [0.29, 0.717) is 12.3 Å². The van der Waals surface area contributed by atoms with Crippen molar-refractivity contribution in [3.05, 3.63) is 29.8 Å². The number of carbonyl (C=O) groups is 1. The molecule has 1 fully saturated rings. The summed E-state index contributed by atoms with van der Waals surface area (Å²) >= 11 is 0. The fourth-order valence-corrected chi connectivity index (χ4v) is 3.37. The van der Waals surface area contributed by atoms with Crippen molar-refractivity contribution in [3.8, 4) is 5.75 Å². The zero-order chi connectivity index (χ0) is 16.7. The largest absolute Gasteiger partial charge is 0.508 e. The van der Waals surface area contributed by atoms with Gasteiger partial charge in [-0.3, -0.25) is 4.79 Å². The van der Waals surface area contributed by atoms with Gasteiger partial charge in [0, 0.05) is 6.42 Å². The molecule has 0 aromatic heterocycles. The SMILES string of the molecule is CCCN1CCC(CC(=O)N[C@@H](CC)c2ccc(O)cc2)CC1. The molecule has 2 N–H and O–H groups in total.